The first-order chi connectivity index (χ1) is 19.6. The highest BCUT2D eigenvalue weighted by Gasteiger charge is 2.33. The first-order valence-electron chi connectivity index (χ1n) is 13.9. The number of ether oxygens (including phenoxy) is 4. The van der Waals surface area contributed by atoms with Crippen LogP contribution in [-0.4, -0.2) is 62.1 Å². The zero-order valence-electron chi connectivity index (χ0n) is 23.2. The number of benzene rings is 3. The van der Waals surface area contributed by atoms with E-state index in [1.165, 1.54) is 12.8 Å². The minimum Gasteiger partial charge on any atom is -0.497 e. The van der Waals surface area contributed by atoms with Crippen LogP contribution in [0.2, 0.25) is 5.02 Å². The number of nitrogens with zero attached hydrogens (tertiary/aromatic N) is 2. The van der Waals surface area contributed by atoms with E-state index in [4.69, 9.17) is 30.5 Å². The third-order valence-electron chi connectivity index (χ3n) is 7.69. The maximum absolute atomic E-state index is 13.8. The maximum Gasteiger partial charge on any atom is 0.255 e. The second-order valence-corrected chi connectivity index (χ2v) is 10.7. The first-order valence-corrected chi connectivity index (χ1v) is 14.3. The summed E-state index contributed by atoms with van der Waals surface area (Å²) in [6, 6.07) is 19.1. The summed E-state index contributed by atoms with van der Waals surface area (Å²) in [5, 5.41) is 0.276. The topological polar surface area (TPSA) is 60.5 Å². The Bertz CT molecular complexity index is 1280. The van der Waals surface area contributed by atoms with Gasteiger partial charge in [0, 0.05) is 19.1 Å². The van der Waals surface area contributed by atoms with Crippen LogP contribution in [0.15, 0.2) is 60.7 Å². The Kier molecular flexibility index (Phi) is 9.34. The molecule has 40 heavy (non-hydrogen) atoms. The predicted molar refractivity (Wildman–Crippen MR) is 156 cm³/mol. The van der Waals surface area contributed by atoms with Crippen molar-refractivity contribution in [1.82, 2.24) is 9.80 Å². The molecule has 2 fully saturated rings. The lowest BCUT2D eigenvalue weighted by atomic mass is 10.1. The van der Waals surface area contributed by atoms with E-state index in [0.29, 0.717) is 23.7 Å². The van der Waals surface area contributed by atoms with Crippen molar-refractivity contribution < 1.29 is 23.7 Å². The fourth-order valence-corrected chi connectivity index (χ4v) is 5.71. The molecule has 2 heterocycles. The van der Waals surface area contributed by atoms with E-state index >= 15 is 0 Å². The number of likely N-dealkylation sites (tertiary alicyclic amines) is 2. The smallest absolute Gasteiger partial charge is 0.255 e. The van der Waals surface area contributed by atoms with E-state index in [1.54, 1.807) is 26.4 Å². The maximum atomic E-state index is 13.8. The Morgan fingerprint density at radius 1 is 0.800 bits per heavy atom. The summed E-state index contributed by atoms with van der Waals surface area (Å²) < 4.78 is 22.9. The lowest BCUT2D eigenvalue weighted by molar-refractivity contribution is 0.0708. The molecule has 3 aromatic rings. The highest BCUT2D eigenvalue weighted by atomic mass is 35.5. The van der Waals surface area contributed by atoms with Crippen LogP contribution < -0.4 is 18.9 Å². The van der Waals surface area contributed by atoms with E-state index in [9.17, 15) is 4.79 Å². The van der Waals surface area contributed by atoms with Gasteiger partial charge in [0.15, 0.2) is 11.5 Å². The lowest BCUT2D eigenvalue weighted by Crippen LogP contribution is -2.42. The Morgan fingerprint density at radius 2 is 1.40 bits per heavy atom. The Hall–Kier alpha value is -3.42. The summed E-state index contributed by atoms with van der Waals surface area (Å²) in [6.07, 6.45) is 4.49. The van der Waals surface area contributed by atoms with Crippen LogP contribution in [-0.2, 0) is 13.2 Å². The average molecular weight is 565 g/mol. The van der Waals surface area contributed by atoms with Crippen molar-refractivity contribution in [2.24, 2.45) is 0 Å². The Labute approximate surface area is 241 Å². The number of rotatable bonds is 11. The number of halogens is 1. The molecule has 0 N–H and O–H groups in total. The molecule has 0 radical (unpaired) electrons. The van der Waals surface area contributed by atoms with E-state index in [0.717, 1.165) is 61.6 Å². The number of methoxy groups -OCH3 is 2. The van der Waals surface area contributed by atoms with Crippen molar-refractivity contribution in [2.45, 2.75) is 44.9 Å². The zero-order valence-corrected chi connectivity index (χ0v) is 24.0. The molecule has 1 atom stereocenters. The van der Waals surface area contributed by atoms with Crippen molar-refractivity contribution in [2.75, 3.05) is 40.4 Å². The number of hydrogen-bond acceptors (Lipinski definition) is 6. The van der Waals surface area contributed by atoms with Gasteiger partial charge in [-0.2, -0.15) is 0 Å². The molecule has 0 aromatic heterocycles. The van der Waals surface area contributed by atoms with Gasteiger partial charge in [-0.05, 0) is 86.3 Å². The van der Waals surface area contributed by atoms with Crippen LogP contribution in [0.3, 0.4) is 0 Å². The molecule has 2 aliphatic heterocycles. The number of hydrogen-bond donors (Lipinski definition) is 0. The minimum atomic E-state index is -0.0531. The molecule has 5 rings (SSSR count). The van der Waals surface area contributed by atoms with Gasteiger partial charge in [-0.25, -0.2) is 0 Å². The van der Waals surface area contributed by atoms with Gasteiger partial charge in [0.1, 0.15) is 24.7 Å². The highest BCUT2D eigenvalue weighted by molar-refractivity contribution is 6.35. The summed E-state index contributed by atoms with van der Waals surface area (Å²) >= 11 is 6.94. The minimum absolute atomic E-state index is 0.0531. The molecular formula is C32H37ClN2O5. The summed E-state index contributed by atoms with van der Waals surface area (Å²) in [4.78, 5) is 18.3. The first kappa shape index (κ1) is 28.1. The van der Waals surface area contributed by atoms with Gasteiger partial charge in [-0.3, -0.25) is 4.79 Å². The predicted octanol–water partition coefficient (Wildman–Crippen LogP) is 6.22. The summed E-state index contributed by atoms with van der Waals surface area (Å²) in [5.74, 6) is 2.35. The van der Waals surface area contributed by atoms with Crippen LogP contribution in [0.5, 0.6) is 23.0 Å². The van der Waals surface area contributed by atoms with Crippen LogP contribution in [0.25, 0.3) is 0 Å². The molecule has 0 bridgehead atoms. The quantitative estimate of drug-likeness (QED) is 0.276. The fraction of sp³-hybridized carbons (Fsp3) is 0.406. The van der Waals surface area contributed by atoms with Gasteiger partial charge >= 0.3 is 0 Å². The molecule has 2 aliphatic rings. The van der Waals surface area contributed by atoms with E-state index in [1.807, 2.05) is 53.4 Å². The third kappa shape index (κ3) is 6.65. The SMILES string of the molecule is COc1ccc(COc2ccc(C(=O)N3CCC[C@H]3CN3CCCC3)c(Cl)c2OCc2ccc(OC)cc2)cc1. The van der Waals surface area contributed by atoms with Crippen LogP contribution in [0.4, 0.5) is 0 Å². The molecule has 2 saturated heterocycles. The summed E-state index contributed by atoms with van der Waals surface area (Å²) in [5.41, 5.74) is 2.36. The monoisotopic (exact) mass is 564 g/mol. The summed E-state index contributed by atoms with van der Waals surface area (Å²) in [7, 11) is 3.27. The summed E-state index contributed by atoms with van der Waals surface area (Å²) in [6.45, 7) is 4.47. The number of carbonyl (C=O) groups is 1. The van der Waals surface area contributed by atoms with Crippen molar-refractivity contribution >= 4 is 17.5 Å². The molecule has 1 amide bonds. The average Bonchev–Trinajstić information content (AvgIpc) is 3.68. The fourth-order valence-electron chi connectivity index (χ4n) is 5.42. The van der Waals surface area contributed by atoms with Crippen molar-refractivity contribution in [3.8, 4) is 23.0 Å². The molecule has 212 valence electrons. The van der Waals surface area contributed by atoms with E-state index in [-0.39, 0.29) is 23.6 Å². The normalized spacial score (nSPS) is 17.2. The van der Waals surface area contributed by atoms with Crippen LogP contribution in [0, 0.1) is 0 Å². The highest BCUT2D eigenvalue weighted by Crippen LogP contribution is 2.40. The van der Waals surface area contributed by atoms with E-state index in [2.05, 4.69) is 4.90 Å². The molecule has 7 nitrogen and oxygen atoms in total. The van der Waals surface area contributed by atoms with Crippen molar-refractivity contribution in [3.05, 3.63) is 82.4 Å². The largest absolute Gasteiger partial charge is 0.497 e. The van der Waals surface area contributed by atoms with Crippen LogP contribution >= 0.6 is 11.6 Å². The lowest BCUT2D eigenvalue weighted by Gasteiger charge is -2.29. The molecular weight excluding hydrogens is 528 g/mol. The van der Waals surface area contributed by atoms with Gasteiger partial charge in [-0.1, -0.05) is 35.9 Å². The Balaban J connectivity index is 1.37. The molecule has 0 spiro atoms. The molecule has 0 unspecified atom stereocenters. The van der Waals surface area contributed by atoms with Crippen molar-refractivity contribution in [3.63, 3.8) is 0 Å². The zero-order chi connectivity index (χ0) is 27.9. The number of amides is 1. The van der Waals surface area contributed by atoms with Gasteiger partial charge in [-0.15, -0.1) is 0 Å². The van der Waals surface area contributed by atoms with E-state index < -0.39 is 0 Å². The molecule has 3 aromatic carbocycles. The van der Waals surface area contributed by atoms with Crippen LogP contribution in [0.1, 0.15) is 47.2 Å². The molecule has 0 saturated carbocycles. The van der Waals surface area contributed by atoms with Gasteiger partial charge in [0.25, 0.3) is 5.91 Å². The second-order valence-electron chi connectivity index (χ2n) is 10.3. The van der Waals surface area contributed by atoms with Gasteiger partial charge in [0.2, 0.25) is 0 Å². The molecule has 0 aliphatic carbocycles. The standard InChI is InChI=1S/C32H37ClN2O5/c1-37-26-11-7-23(8-12-26)21-39-29-16-15-28(30(33)31(29)40-22-24-9-13-27(38-2)14-10-24)32(36)35-19-5-6-25(35)20-34-17-3-4-18-34/h7-16,25H,3-6,17-22H2,1-2H3/t25-/m0/s1. The third-order valence-corrected chi connectivity index (χ3v) is 8.07. The Morgan fingerprint density at radius 3 is 2.00 bits per heavy atom. The van der Waals surface area contributed by atoms with Crippen molar-refractivity contribution in [1.29, 1.82) is 0 Å². The van der Waals surface area contributed by atoms with Gasteiger partial charge < -0.3 is 28.7 Å². The second kappa shape index (κ2) is 13.3. The number of carbonyl (C=O) groups excluding carboxylic acids is 1. The van der Waals surface area contributed by atoms with Gasteiger partial charge in [0.05, 0.1) is 24.8 Å². The molecule has 8 heteroatoms.